The van der Waals surface area contributed by atoms with Crippen LogP contribution in [0.3, 0.4) is 0 Å². The number of unbranched alkanes of at least 4 members (excludes halogenated alkanes) is 3. The van der Waals surface area contributed by atoms with E-state index < -0.39 is 277 Å². The van der Waals surface area contributed by atoms with Crippen LogP contribution in [0.5, 0.6) is 0 Å². The number of rotatable bonds is 72. The second-order valence-electron chi connectivity index (χ2n) is 30.8. The molecular weight excluding hydrogens is 1670 g/mol. The van der Waals surface area contributed by atoms with Gasteiger partial charge in [-0.2, -0.15) is 0 Å². The lowest BCUT2D eigenvalue weighted by atomic mass is 9.91. The van der Waals surface area contributed by atoms with Crippen molar-refractivity contribution in [1.29, 1.82) is 0 Å². The molecule has 0 bridgehead atoms. The first-order valence-corrected chi connectivity index (χ1v) is 41.5. The molecule has 0 saturated heterocycles. The number of benzene rings is 1. The van der Waals surface area contributed by atoms with Crippen molar-refractivity contribution in [2.45, 2.75) is 239 Å². The van der Waals surface area contributed by atoms with Crippen LogP contribution in [0.15, 0.2) is 36.4 Å². The summed E-state index contributed by atoms with van der Waals surface area (Å²) in [5.41, 5.74) is 6.08. The number of nitrogens with two attached hydrogens (primary N) is 1. The highest BCUT2D eigenvalue weighted by atomic mass is 16.5. The van der Waals surface area contributed by atoms with Crippen LogP contribution < -0.4 is 43.0 Å². The predicted molar refractivity (Wildman–Crippen MR) is 435 cm³/mol. The number of carboxylic acids is 1. The number of amides is 10. The highest BCUT2D eigenvalue weighted by Crippen LogP contribution is 2.22. The Balaban J connectivity index is 2.55. The van der Waals surface area contributed by atoms with Gasteiger partial charge in [-0.15, -0.1) is 0 Å². The van der Waals surface area contributed by atoms with E-state index in [1.807, 2.05) is 0 Å². The predicted octanol–water partition coefficient (Wildman–Crippen LogP) is -12.1. The molecule has 47 nitrogen and oxygen atoms in total. The fourth-order valence-corrected chi connectivity index (χ4v) is 12.8. The number of aliphatic hydroxyl groups excluding tert-OH is 21. The van der Waals surface area contributed by atoms with Gasteiger partial charge >= 0.3 is 12.0 Å². The maximum absolute atomic E-state index is 14.8. The van der Waals surface area contributed by atoms with Gasteiger partial charge in [0.05, 0.1) is 116 Å². The molecule has 125 heavy (non-hydrogen) atoms. The maximum atomic E-state index is 14.8. The number of primary amides is 1. The van der Waals surface area contributed by atoms with Crippen LogP contribution >= 0.6 is 0 Å². The van der Waals surface area contributed by atoms with E-state index in [4.69, 9.17) is 19.9 Å². The molecule has 0 spiro atoms. The van der Waals surface area contributed by atoms with Gasteiger partial charge in [-0.05, 0) is 101 Å². The van der Waals surface area contributed by atoms with Crippen LogP contribution in [0.2, 0.25) is 0 Å². The van der Waals surface area contributed by atoms with Crippen molar-refractivity contribution in [1.82, 2.24) is 46.6 Å². The van der Waals surface area contributed by atoms with E-state index in [-0.39, 0.29) is 150 Å². The van der Waals surface area contributed by atoms with Crippen molar-refractivity contribution in [2.75, 3.05) is 130 Å². The van der Waals surface area contributed by atoms with E-state index in [1.54, 1.807) is 26.0 Å². The van der Waals surface area contributed by atoms with Crippen LogP contribution in [-0.4, -0.2) is 439 Å². The first-order chi connectivity index (χ1) is 59.2. The number of aliphatic carboxylic acids is 1. The molecule has 1 aromatic rings. The molecule has 31 N–H and O–H groups in total. The molecule has 0 aromatic heterocycles. The molecule has 0 unspecified atom stereocenters. The number of imide groups is 1. The topological polar surface area (TPSA) is 780 Å². The number of hydrogen-bond donors (Lipinski definition) is 30. The summed E-state index contributed by atoms with van der Waals surface area (Å²) >= 11 is 0. The number of Topliss-reactive ketones (excluding diaryl/α,β-unsaturated/α-hetero) is 1. The van der Waals surface area contributed by atoms with Crippen LogP contribution in [-0.2, 0) is 68.8 Å². The first-order valence-electron chi connectivity index (χ1n) is 41.5. The quantitative estimate of drug-likeness (QED) is 0.0213. The Labute approximate surface area is 722 Å². The number of hydrogen-bond acceptors (Lipinski definition) is 37. The second-order valence-corrected chi connectivity index (χ2v) is 30.8. The minimum absolute atomic E-state index is 0.000954. The second kappa shape index (κ2) is 62.5. The van der Waals surface area contributed by atoms with Gasteiger partial charge in [0.2, 0.25) is 35.4 Å². The van der Waals surface area contributed by atoms with Crippen molar-refractivity contribution >= 4 is 70.7 Å². The molecule has 0 aliphatic carbocycles. The van der Waals surface area contributed by atoms with E-state index in [2.05, 4.69) is 37.2 Å². The zero-order valence-electron chi connectivity index (χ0n) is 70.4. The minimum atomic E-state index is -2.15. The standard InChI is InChI=1S/C78H135N11O36/c1-44(2)65(76(119)85-50(13-9-24-81-78(79)122)74(117)82-47-16-14-45(39-90)15-17-47)86-61(105)19-18-60(104)80-23-6-3-11-48(51(95)34-46(77(120)121)10-4-7-25-87(35-52(96)66(109)70(113)56(100)40-91)36-53(97)67(110)71(114)57(101)41-92)84-75(118)49(83-62(106)22-28-123-30-32-125-33-31-124-29-27-89-63(107)20-21-64(89)108)12-5-8-26-88(37-54(98)68(111)72(115)58(102)42-93)38-55(99)69(112)73(116)59(103)43-94/h14-17,20-21,44,46,48-50,52-59,65-73,90-94,96-103,109-116H,3-13,18-19,22-43H2,1-2H3,(H,80,104)(H,82,117)(H,83,106)(H,84,118)(H,85,119)(H,86,105)(H,120,121)(H3,79,81,122)/t46-,48+,49+,50+,52+,53+,54+,55+,56-,57-,58-,59-,65+,66-,67-,68-,69-,70-,71-,72-,73-/m1/s1. The van der Waals surface area contributed by atoms with Gasteiger partial charge in [-0.1, -0.05) is 32.4 Å². The third-order valence-corrected chi connectivity index (χ3v) is 20.4. The molecule has 0 saturated carbocycles. The Kier molecular flexibility index (Phi) is 56.7. The fraction of sp³-hybridized carbons (Fsp3) is 0.756. The van der Waals surface area contributed by atoms with Gasteiger partial charge in [0.25, 0.3) is 11.8 Å². The molecule has 0 radical (unpaired) electrons. The van der Waals surface area contributed by atoms with Crippen LogP contribution in [0, 0.1) is 11.8 Å². The Bertz CT molecular complexity index is 3290. The van der Waals surface area contributed by atoms with Crippen molar-refractivity contribution in [3.05, 3.63) is 42.0 Å². The lowest BCUT2D eigenvalue weighted by Gasteiger charge is -2.33. The van der Waals surface area contributed by atoms with Crippen molar-refractivity contribution in [3.63, 3.8) is 0 Å². The van der Waals surface area contributed by atoms with E-state index in [0.717, 1.165) is 17.1 Å². The van der Waals surface area contributed by atoms with Crippen LogP contribution in [0.1, 0.15) is 116 Å². The molecule has 1 heterocycles. The lowest BCUT2D eigenvalue weighted by molar-refractivity contribution is -0.144. The molecule has 10 amide bonds. The Morgan fingerprint density at radius 3 is 1.26 bits per heavy atom. The summed E-state index contributed by atoms with van der Waals surface area (Å²) in [6, 6.07) is -0.216. The average molecular weight is 1800 g/mol. The Hall–Kier alpha value is -7.71. The SMILES string of the molecule is CC(C)[C@H](NC(=O)CCC(=O)NCCCC[C@H](NC(=O)[C@H](CCCCN(C[C@H](O)[C@@H](O)[C@H](O)[C@H](O)CO)C[C@H](O)[C@@H](O)[C@H](O)[C@H](O)CO)NC(=O)CCOCCOCCOCCN1C(=O)C=CC1=O)C(=O)C[C@@H](CCCCN(C[C@H](O)[C@@H](O)[C@H](O)[C@H](O)CO)C[C@H](O)[C@@H](O)[C@H](O)[C@H](O)CO)C(=O)O)C(=O)N[C@@H](CCCNC(N)=O)C(=O)Nc1ccc(CO)cc1. The molecule has 718 valence electrons. The molecule has 1 aliphatic heterocycles. The van der Waals surface area contributed by atoms with Gasteiger partial charge in [0, 0.05) is 82.8 Å². The van der Waals surface area contributed by atoms with Gasteiger partial charge in [0.1, 0.15) is 91.4 Å². The molecule has 1 aliphatic rings. The largest absolute Gasteiger partial charge is 0.481 e. The number of ether oxygens (including phenoxy) is 3. The summed E-state index contributed by atoms with van der Waals surface area (Å²) in [4.78, 5) is 149. The first kappa shape index (κ1) is 113. The van der Waals surface area contributed by atoms with E-state index in [0.29, 0.717) is 11.3 Å². The zero-order valence-corrected chi connectivity index (χ0v) is 70.4. The van der Waals surface area contributed by atoms with E-state index in [1.165, 1.54) is 21.9 Å². The molecule has 0 fully saturated rings. The highest BCUT2D eigenvalue weighted by molar-refractivity contribution is 6.12. The molecule has 1 aromatic carbocycles. The summed E-state index contributed by atoms with van der Waals surface area (Å²) in [5, 5.41) is 244. The third kappa shape index (κ3) is 44.2. The molecular formula is C78H135N11O36. The smallest absolute Gasteiger partial charge is 0.312 e. The summed E-state index contributed by atoms with van der Waals surface area (Å²) in [6.07, 6.45) is -33.5. The monoisotopic (exact) mass is 1800 g/mol. The number of carboxylic acid groups (broad SMARTS) is 1. The molecule has 47 heteroatoms. The van der Waals surface area contributed by atoms with E-state index in [9.17, 15) is 165 Å². The third-order valence-electron chi connectivity index (χ3n) is 20.4. The summed E-state index contributed by atoms with van der Waals surface area (Å²) in [7, 11) is 0. The Morgan fingerprint density at radius 1 is 0.424 bits per heavy atom. The molecule has 2 rings (SSSR count). The Morgan fingerprint density at radius 2 is 0.816 bits per heavy atom. The summed E-state index contributed by atoms with van der Waals surface area (Å²) in [5.74, 6) is -10.1. The van der Waals surface area contributed by atoms with Crippen LogP contribution in [0.4, 0.5) is 10.5 Å². The number of nitrogens with zero attached hydrogens (tertiary/aromatic N) is 3. The van der Waals surface area contributed by atoms with Crippen molar-refractivity contribution in [3.8, 4) is 0 Å². The normalized spacial score (nSPS) is 17.5. The van der Waals surface area contributed by atoms with Crippen molar-refractivity contribution < 1.29 is 179 Å². The van der Waals surface area contributed by atoms with Gasteiger partial charge in [-0.3, -0.25) is 62.6 Å². The molecule has 21 atom stereocenters. The van der Waals surface area contributed by atoms with Crippen LogP contribution in [0.25, 0.3) is 0 Å². The number of anilines is 1. The van der Waals surface area contributed by atoms with Gasteiger partial charge in [0.15, 0.2) is 5.78 Å². The van der Waals surface area contributed by atoms with Gasteiger partial charge < -0.3 is 170 Å². The number of urea groups is 1. The van der Waals surface area contributed by atoms with Crippen molar-refractivity contribution in [2.24, 2.45) is 17.6 Å². The maximum Gasteiger partial charge on any atom is 0.312 e. The number of carbonyl (C=O) groups is 11. The number of aliphatic hydroxyl groups is 21. The zero-order chi connectivity index (χ0) is 94.0. The number of ketones is 1. The summed E-state index contributed by atoms with van der Waals surface area (Å²) < 4.78 is 16.5. The number of carbonyl (C=O) groups excluding carboxylic acids is 10. The lowest BCUT2D eigenvalue weighted by Crippen LogP contribution is -2.54. The average Bonchev–Trinajstić information content (AvgIpc) is 1.87. The number of nitrogens with one attached hydrogen (secondary N) is 7. The van der Waals surface area contributed by atoms with Gasteiger partial charge in [-0.25, -0.2) is 4.79 Å². The minimum Gasteiger partial charge on any atom is -0.481 e. The van der Waals surface area contributed by atoms with E-state index >= 15 is 0 Å². The highest BCUT2D eigenvalue weighted by Gasteiger charge is 2.39. The fourth-order valence-electron chi connectivity index (χ4n) is 12.8. The summed E-state index contributed by atoms with van der Waals surface area (Å²) in [6.45, 7) is -4.63.